The molecule has 0 spiro atoms. The van der Waals surface area contributed by atoms with Crippen LogP contribution in [-0.4, -0.2) is 27.9 Å². The van der Waals surface area contributed by atoms with Gasteiger partial charge in [-0.25, -0.2) is 0 Å². The molecule has 1 aliphatic carbocycles. The summed E-state index contributed by atoms with van der Waals surface area (Å²) in [4.78, 5) is 35.6. The van der Waals surface area contributed by atoms with Crippen molar-refractivity contribution in [2.45, 2.75) is 18.3 Å². The van der Waals surface area contributed by atoms with Crippen LogP contribution in [0, 0.1) is 0 Å². The monoisotopic (exact) mass is 310 g/mol. The molecule has 5 nitrogen and oxygen atoms in total. The first-order chi connectivity index (χ1) is 11.0. The van der Waals surface area contributed by atoms with Gasteiger partial charge >= 0.3 is 11.9 Å². The van der Waals surface area contributed by atoms with Gasteiger partial charge < -0.3 is 10.2 Å². The van der Waals surface area contributed by atoms with Crippen molar-refractivity contribution in [2.24, 2.45) is 0 Å². The standard InChI is InChI=1S/C18H14O5/c19-15(20)9-18(10-16(21)22)13-7-3-1-5-11(13)17(23)12-6-2-4-8-14(12)18/h1-8H,9-10H2,(H,19,20)(H,21,22). The SMILES string of the molecule is O=C(O)CC1(CC(=O)O)c2ccccc2C(=O)c2ccccc21. The zero-order valence-electron chi connectivity index (χ0n) is 12.2. The van der Waals surface area contributed by atoms with E-state index in [0.29, 0.717) is 22.3 Å². The van der Waals surface area contributed by atoms with E-state index in [1.54, 1.807) is 48.5 Å². The number of rotatable bonds is 4. The summed E-state index contributed by atoms with van der Waals surface area (Å²) in [5.74, 6) is -2.42. The maximum atomic E-state index is 12.7. The Kier molecular flexibility index (Phi) is 3.48. The molecule has 116 valence electrons. The van der Waals surface area contributed by atoms with E-state index in [0.717, 1.165) is 0 Å². The Morgan fingerprint density at radius 1 is 0.783 bits per heavy atom. The summed E-state index contributed by atoms with van der Waals surface area (Å²) in [7, 11) is 0. The van der Waals surface area contributed by atoms with Crippen LogP contribution in [0.1, 0.15) is 39.9 Å². The highest BCUT2D eigenvalue weighted by atomic mass is 16.4. The van der Waals surface area contributed by atoms with Gasteiger partial charge in [-0.15, -0.1) is 0 Å². The molecule has 0 saturated heterocycles. The van der Waals surface area contributed by atoms with Crippen molar-refractivity contribution in [3.63, 3.8) is 0 Å². The van der Waals surface area contributed by atoms with Crippen molar-refractivity contribution in [1.29, 1.82) is 0 Å². The number of carboxylic acid groups (broad SMARTS) is 2. The lowest BCUT2D eigenvalue weighted by Crippen LogP contribution is -2.39. The van der Waals surface area contributed by atoms with Gasteiger partial charge in [0, 0.05) is 16.5 Å². The minimum Gasteiger partial charge on any atom is -0.481 e. The lowest BCUT2D eigenvalue weighted by atomic mass is 9.63. The van der Waals surface area contributed by atoms with Crippen LogP contribution >= 0.6 is 0 Å². The van der Waals surface area contributed by atoms with Gasteiger partial charge in [-0.1, -0.05) is 48.5 Å². The van der Waals surface area contributed by atoms with E-state index in [1.165, 1.54) is 0 Å². The average molecular weight is 310 g/mol. The molecule has 0 amide bonds. The molecule has 2 N–H and O–H groups in total. The van der Waals surface area contributed by atoms with Crippen LogP contribution in [0.3, 0.4) is 0 Å². The van der Waals surface area contributed by atoms with Crippen molar-refractivity contribution >= 4 is 17.7 Å². The summed E-state index contributed by atoms with van der Waals surface area (Å²) in [5.41, 5.74) is 0.420. The quantitative estimate of drug-likeness (QED) is 0.905. The highest BCUT2D eigenvalue weighted by Crippen LogP contribution is 2.46. The highest BCUT2D eigenvalue weighted by molar-refractivity contribution is 6.13. The number of carbonyl (C=O) groups excluding carboxylic acids is 1. The van der Waals surface area contributed by atoms with Crippen LogP contribution in [0.4, 0.5) is 0 Å². The summed E-state index contributed by atoms with van der Waals surface area (Å²) in [6, 6.07) is 13.3. The summed E-state index contributed by atoms with van der Waals surface area (Å²) in [6.45, 7) is 0. The molecular formula is C18H14O5. The predicted octanol–water partition coefficient (Wildman–Crippen LogP) is 2.47. The van der Waals surface area contributed by atoms with E-state index in [2.05, 4.69) is 0 Å². The fourth-order valence-corrected chi connectivity index (χ4v) is 3.45. The average Bonchev–Trinajstić information content (AvgIpc) is 2.52. The van der Waals surface area contributed by atoms with Crippen molar-refractivity contribution in [1.82, 2.24) is 0 Å². The van der Waals surface area contributed by atoms with Crippen LogP contribution in [0.25, 0.3) is 0 Å². The number of hydrogen-bond donors (Lipinski definition) is 2. The van der Waals surface area contributed by atoms with Gasteiger partial charge in [0.15, 0.2) is 5.78 Å². The van der Waals surface area contributed by atoms with Crippen molar-refractivity contribution in [2.75, 3.05) is 0 Å². The first-order valence-electron chi connectivity index (χ1n) is 7.13. The van der Waals surface area contributed by atoms with Gasteiger partial charge in [-0.2, -0.15) is 0 Å². The summed E-state index contributed by atoms with van der Waals surface area (Å²) >= 11 is 0. The summed E-state index contributed by atoms with van der Waals surface area (Å²) < 4.78 is 0. The zero-order chi connectivity index (χ0) is 16.6. The molecule has 2 aromatic rings. The molecule has 0 unspecified atom stereocenters. The molecular weight excluding hydrogens is 296 g/mol. The largest absolute Gasteiger partial charge is 0.481 e. The van der Waals surface area contributed by atoms with Crippen LogP contribution < -0.4 is 0 Å². The second-order valence-corrected chi connectivity index (χ2v) is 5.64. The maximum Gasteiger partial charge on any atom is 0.304 e. The van der Waals surface area contributed by atoms with Gasteiger partial charge in [0.25, 0.3) is 0 Å². The molecule has 1 aliphatic rings. The molecule has 0 bridgehead atoms. The van der Waals surface area contributed by atoms with Gasteiger partial charge in [0.1, 0.15) is 0 Å². The molecule has 0 radical (unpaired) electrons. The Bertz CT molecular complexity index is 754. The maximum absolute atomic E-state index is 12.7. The Morgan fingerprint density at radius 3 is 1.57 bits per heavy atom. The van der Waals surface area contributed by atoms with Crippen molar-refractivity contribution < 1.29 is 24.6 Å². The molecule has 3 rings (SSSR count). The van der Waals surface area contributed by atoms with E-state index >= 15 is 0 Å². The lowest BCUT2D eigenvalue weighted by molar-refractivity contribution is -0.140. The third-order valence-corrected chi connectivity index (χ3v) is 4.28. The normalized spacial score (nSPS) is 14.7. The molecule has 2 aromatic carbocycles. The first kappa shape index (κ1) is 15.0. The van der Waals surface area contributed by atoms with Gasteiger partial charge in [0.2, 0.25) is 0 Å². The van der Waals surface area contributed by atoms with Gasteiger partial charge in [-0.3, -0.25) is 14.4 Å². The number of carboxylic acids is 2. The first-order valence-corrected chi connectivity index (χ1v) is 7.13. The van der Waals surface area contributed by atoms with E-state index < -0.39 is 17.4 Å². The van der Waals surface area contributed by atoms with Crippen LogP contribution in [-0.2, 0) is 15.0 Å². The van der Waals surface area contributed by atoms with Gasteiger partial charge in [-0.05, 0) is 11.1 Å². The zero-order valence-corrected chi connectivity index (χ0v) is 12.2. The Labute approximate surface area is 132 Å². The molecule has 5 heteroatoms. The molecule has 0 atom stereocenters. The van der Waals surface area contributed by atoms with Crippen molar-refractivity contribution in [3.05, 3.63) is 70.8 Å². The molecule has 0 saturated carbocycles. The Morgan fingerprint density at radius 2 is 1.17 bits per heavy atom. The Hall–Kier alpha value is -2.95. The van der Waals surface area contributed by atoms with Crippen LogP contribution in [0.15, 0.2) is 48.5 Å². The minimum atomic E-state index is -1.25. The van der Waals surface area contributed by atoms with Gasteiger partial charge in [0.05, 0.1) is 12.8 Å². The number of carbonyl (C=O) groups is 3. The molecule has 0 heterocycles. The minimum absolute atomic E-state index is 0.206. The lowest BCUT2D eigenvalue weighted by Gasteiger charge is -2.38. The second-order valence-electron chi connectivity index (χ2n) is 5.64. The number of hydrogen-bond acceptors (Lipinski definition) is 3. The molecule has 0 fully saturated rings. The number of fused-ring (bicyclic) bond motifs is 2. The highest BCUT2D eigenvalue weighted by Gasteiger charge is 2.46. The van der Waals surface area contributed by atoms with E-state index in [9.17, 15) is 24.6 Å². The molecule has 0 aliphatic heterocycles. The number of benzene rings is 2. The fraction of sp³-hybridized carbons (Fsp3) is 0.167. The van der Waals surface area contributed by atoms with Crippen molar-refractivity contribution in [3.8, 4) is 0 Å². The second kappa shape index (κ2) is 5.35. The fourth-order valence-electron chi connectivity index (χ4n) is 3.45. The number of aliphatic carboxylic acids is 2. The summed E-state index contributed by atoms with van der Waals surface area (Å²) in [5, 5.41) is 18.8. The topological polar surface area (TPSA) is 91.7 Å². The predicted molar refractivity (Wildman–Crippen MR) is 81.6 cm³/mol. The van der Waals surface area contributed by atoms with E-state index in [4.69, 9.17) is 0 Å². The smallest absolute Gasteiger partial charge is 0.304 e. The number of ketones is 1. The third kappa shape index (κ3) is 2.30. The summed E-state index contributed by atoms with van der Waals surface area (Å²) in [6.07, 6.45) is -0.777. The van der Waals surface area contributed by atoms with E-state index in [-0.39, 0.29) is 18.6 Å². The molecule has 23 heavy (non-hydrogen) atoms. The van der Waals surface area contributed by atoms with Crippen LogP contribution in [0.5, 0.6) is 0 Å². The molecule has 0 aromatic heterocycles. The van der Waals surface area contributed by atoms with Crippen LogP contribution in [0.2, 0.25) is 0 Å². The van der Waals surface area contributed by atoms with E-state index in [1.807, 2.05) is 0 Å². The third-order valence-electron chi connectivity index (χ3n) is 4.28. The Balaban J connectivity index is 2.37.